The van der Waals surface area contributed by atoms with Crippen molar-refractivity contribution in [2.24, 2.45) is 5.92 Å². The summed E-state index contributed by atoms with van der Waals surface area (Å²) in [5.41, 5.74) is 2.18. The van der Waals surface area contributed by atoms with E-state index in [9.17, 15) is 13.2 Å². The molecule has 0 radical (unpaired) electrons. The van der Waals surface area contributed by atoms with Gasteiger partial charge >= 0.3 is 0 Å². The topological polar surface area (TPSA) is 75.7 Å². The maximum Gasteiger partial charge on any atom is 0.224 e. The molecule has 1 fully saturated rings. The molecule has 0 saturated carbocycles. The van der Waals surface area contributed by atoms with Crippen LogP contribution in [0.5, 0.6) is 0 Å². The van der Waals surface area contributed by atoms with E-state index in [1.54, 1.807) is 0 Å². The van der Waals surface area contributed by atoms with Gasteiger partial charge in [0, 0.05) is 20.0 Å². The van der Waals surface area contributed by atoms with E-state index in [0.717, 1.165) is 5.56 Å². The highest BCUT2D eigenvalue weighted by Gasteiger charge is 2.34. The number of hydrogen-bond acceptors (Lipinski definition) is 4. The molecule has 1 aromatic rings. The molecule has 1 amide bonds. The van der Waals surface area contributed by atoms with Crippen LogP contribution in [0.2, 0.25) is 0 Å². The third kappa shape index (κ3) is 5.52. The lowest BCUT2D eigenvalue weighted by molar-refractivity contribution is -0.121. The maximum atomic E-state index is 12.3. The highest BCUT2D eigenvalue weighted by Crippen LogP contribution is 2.18. The fourth-order valence-corrected chi connectivity index (χ4v) is 3.97. The summed E-state index contributed by atoms with van der Waals surface area (Å²) in [6.45, 7) is 4.96. The molecule has 0 spiro atoms. The summed E-state index contributed by atoms with van der Waals surface area (Å²) in [5, 5.41) is 2.93. The summed E-state index contributed by atoms with van der Waals surface area (Å²) in [7, 11) is -0.293. The molecule has 7 heteroatoms. The third-order valence-corrected chi connectivity index (χ3v) is 6.50. The standard InChI is InChI=1S/C18H28N2O4S/c1-13(2)15-7-5-14(6-8-15)9-18(21)19-17-11-24-10-16(17)12-25(22,23)20(3)4/h5-8,13,16-17H,9-12H2,1-4H3,(H,19,21)/t16-,17-/m0/s1. The summed E-state index contributed by atoms with van der Waals surface area (Å²) < 4.78 is 30.7. The van der Waals surface area contributed by atoms with E-state index in [2.05, 4.69) is 19.2 Å². The fourth-order valence-electron chi connectivity index (χ4n) is 2.81. The van der Waals surface area contributed by atoms with Crippen LogP contribution in [0.4, 0.5) is 0 Å². The number of ether oxygens (including phenoxy) is 1. The van der Waals surface area contributed by atoms with Crippen LogP contribution in [-0.2, 0) is 26.0 Å². The van der Waals surface area contributed by atoms with Crippen LogP contribution in [-0.4, -0.2) is 57.7 Å². The molecular formula is C18H28N2O4S. The zero-order chi connectivity index (χ0) is 18.6. The number of benzene rings is 1. The van der Waals surface area contributed by atoms with Gasteiger partial charge < -0.3 is 10.1 Å². The molecule has 0 aliphatic carbocycles. The van der Waals surface area contributed by atoms with Gasteiger partial charge in [0.05, 0.1) is 31.4 Å². The van der Waals surface area contributed by atoms with Gasteiger partial charge in [-0.3, -0.25) is 4.79 Å². The summed E-state index contributed by atoms with van der Waals surface area (Å²) in [5.74, 6) is 0.103. The Bertz CT molecular complexity index is 684. The average Bonchev–Trinajstić information content (AvgIpc) is 2.93. The molecule has 2 atom stereocenters. The first kappa shape index (κ1) is 19.9. The summed E-state index contributed by atoms with van der Waals surface area (Å²) in [6, 6.07) is 7.75. The van der Waals surface area contributed by atoms with Crippen LogP contribution in [0, 0.1) is 5.92 Å². The molecule has 1 saturated heterocycles. The quantitative estimate of drug-likeness (QED) is 0.789. The number of nitrogens with zero attached hydrogens (tertiary/aromatic N) is 1. The van der Waals surface area contributed by atoms with E-state index in [-0.39, 0.29) is 30.0 Å². The van der Waals surface area contributed by atoms with Crippen molar-refractivity contribution in [1.82, 2.24) is 9.62 Å². The monoisotopic (exact) mass is 368 g/mol. The SMILES string of the molecule is CC(C)c1ccc(CC(=O)N[C@H]2COC[C@H]2CS(=O)(=O)N(C)C)cc1. The number of rotatable bonds is 7. The van der Waals surface area contributed by atoms with Crippen LogP contribution in [0.3, 0.4) is 0 Å². The molecule has 140 valence electrons. The molecule has 1 N–H and O–H groups in total. The van der Waals surface area contributed by atoms with Crippen molar-refractivity contribution in [2.75, 3.05) is 33.1 Å². The van der Waals surface area contributed by atoms with Gasteiger partial charge in [0.25, 0.3) is 0 Å². The van der Waals surface area contributed by atoms with Crippen LogP contribution in [0.15, 0.2) is 24.3 Å². The molecule has 0 bridgehead atoms. The number of amides is 1. The second-order valence-electron chi connectivity index (χ2n) is 7.11. The Morgan fingerprint density at radius 1 is 1.24 bits per heavy atom. The van der Waals surface area contributed by atoms with Crippen LogP contribution in [0.1, 0.15) is 30.9 Å². The smallest absolute Gasteiger partial charge is 0.224 e. The molecule has 6 nitrogen and oxygen atoms in total. The zero-order valence-corrected chi connectivity index (χ0v) is 16.2. The summed E-state index contributed by atoms with van der Waals surface area (Å²) in [6.07, 6.45) is 0.280. The summed E-state index contributed by atoms with van der Waals surface area (Å²) in [4.78, 5) is 12.3. The zero-order valence-electron chi connectivity index (χ0n) is 15.4. The van der Waals surface area contributed by atoms with E-state index in [1.807, 2.05) is 24.3 Å². The Morgan fingerprint density at radius 3 is 2.44 bits per heavy atom. The largest absolute Gasteiger partial charge is 0.379 e. The molecule has 2 rings (SSSR count). The molecule has 1 heterocycles. The second-order valence-corrected chi connectivity index (χ2v) is 9.33. The highest BCUT2D eigenvalue weighted by molar-refractivity contribution is 7.89. The normalized spacial score (nSPS) is 21.0. The fraction of sp³-hybridized carbons (Fsp3) is 0.611. The van der Waals surface area contributed by atoms with Crippen molar-refractivity contribution in [1.29, 1.82) is 0 Å². The lowest BCUT2D eigenvalue weighted by atomic mass is 10.0. The van der Waals surface area contributed by atoms with E-state index in [4.69, 9.17) is 4.74 Å². The molecule has 0 unspecified atom stereocenters. The van der Waals surface area contributed by atoms with Gasteiger partial charge in [0.2, 0.25) is 15.9 Å². The Labute approximate surface area is 150 Å². The Morgan fingerprint density at radius 2 is 1.88 bits per heavy atom. The molecular weight excluding hydrogens is 340 g/mol. The van der Waals surface area contributed by atoms with E-state index < -0.39 is 10.0 Å². The molecule has 1 aromatic carbocycles. The minimum atomic E-state index is -3.32. The predicted octanol–water partition coefficient (Wildman–Crippen LogP) is 1.38. The van der Waals surface area contributed by atoms with Gasteiger partial charge in [0.1, 0.15) is 0 Å². The highest BCUT2D eigenvalue weighted by atomic mass is 32.2. The minimum Gasteiger partial charge on any atom is -0.379 e. The number of carbonyl (C=O) groups is 1. The van der Waals surface area contributed by atoms with Gasteiger partial charge in [-0.05, 0) is 17.0 Å². The molecule has 1 aliphatic heterocycles. The van der Waals surface area contributed by atoms with Crippen LogP contribution >= 0.6 is 0 Å². The van der Waals surface area contributed by atoms with Gasteiger partial charge in [-0.25, -0.2) is 12.7 Å². The number of sulfonamides is 1. The lowest BCUT2D eigenvalue weighted by Crippen LogP contribution is -2.44. The van der Waals surface area contributed by atoms with E-state index in [1.165, 1.54) is 24.0 Å². The second kappa shape index (κ2) is 8.29. The first-order valence-electron chi connectivity index (χ1n) is 8.55. The first-order chi connectivity index (χ1) is 11.7. The number of carbonyl (C=O) groups excluding carboxylic acids is 1. The molecule has 1 aliphatic rings. The number of nitrogens with one attached hydrogen (secondary N) is 1. The van der Waals surface area contributed by atoms with E-state index >= 15 is 0 Å². The van der Waals surface area contributed by atoms with Crippen molar-refractivity contribution < 1.29 is 17.9 Å². The molecule has 25 heavy (non-hydrogen) atoms. The third-order valence-electron chi connectivity index (χ3n) is 4.54. The van der Waals surface area contributed by atoms with Gasteiger partial charge in [-0.1, -0.05) is 38.1 Å². The summed E-state index contributed by atoms with van der Waals surface area (Å²) >= 11 is 0. The minimum absolute atomic E-state index is 0.0198. The van der Waals surface area contributed by atoms with Crippen molar-refractivity contribution in [2.45, 2.75) is 32.2 Å². The van der Waals surface area contributed by atoms with Crippen LogP contribution in [0.25, 0.3) is 0 Å². The first-order valence-corrected chi connectivity index (χ1v) is 10.2. The van der Waals surface area contributed by atoms with Gasteiger partial charge in [0.15, 0.2) is 0 Å². The predicted molar refractivity (Wildman–Crippen MR) is 97.9 cm³/mol. The van der Waals surface area contributed by atoms with Crippen molar-refractivity contribution in [3.8, 4) is 0 Å². The Balaban J connectivity index is 1.92. The average molecular weight is 368 g/mol. The number of hydrogen-bond donors (Lipinski definition) is 1. The van der Waals surface area contributed by atoms with Gasteiger partial charge in [-0.2, -0.15) is 0 Å². The maximum absolute atomic E-state index is 12.3. The Kier molecular flexibility index (Phi) is 6.59. The van der Waals surface area contributed by atoms with Crippen molar-refractivity contribution in [3.05, 3.63) is 35.4 Å². The van der Waals surface area contributed by atoms with E-state index in [0.29, 0.717) is 19.1 Å². The lowest BCUT2D eigenvalue weighted by Gasteiger charge is -2.21. The molecule has 0 aromatic heterocycles. The van der Waals surface area contributed by atoms with Crippen molar-refractivity contribution >= 4 is 15.9 Å². The van der Waals surface area contributed by atoms with Gasteiger partial charge in [-0.15, -0.1) is 0 Å². The Hall–Kier alpha value is -1.44. The van der Waals surface area contributed by atoms with Crippen LogP contribution < -0.4 is 5.32 Å². The van der Waals surface area contributed by atoms with Crippen molar-refractivity contribution in [3.63, 3.8) is 0 Å².